The molecule has 0 aliphatic rings. The van der Waals surface area contributed by atoms with Crippen molar-refractivity contribution in [1.82, 2.24) is 15.3 Å². The second kappa shape index (κ2) is 9.18. The third-order valence-corrected chi connectivity index (χ3v) is 5.16. The summed E-state index contributed by atoms with van der Waals surface area (Å²) in [7, 11) is 0. The summed E-state index contributed by atoms with van der Waals surface area (Å²) in [6, 6.07) is 15.3. The van der Waals surface area contributed by atoms with E-state index in [1.54, 1.807) is 30.6 Å². The minimum absolute atomic E-state index is 0.123. The molecule has 2 N–H and O–H groups in total. The monoisotopic (exact) mass is 466 g/mol. The minimum atomic E-state index is -4.48. The number of amides is 1. The van der Waals surface area contributed by atoms with E-state index >= 15 is 0 Å². The standard InChI is InChI=1S/C24H17F3N4O3/c25-24(26,27)17-7-5-16(6-8-17)20-13-19(23(32)29-14-15-9-11-28-12-10-15)22(30-20)18-3-1-2-4-21(18)31(33)34/h1-13,30H,14H2,(H,29,32). The van der Waals surface area contributed by atoms with Gasteiger partial charge in [0.25, 0.3) is 11.6 Å². The maximum Gasteiger partial charge on any atom is 0.416 e. The number of rotatable bonds is 6. The summed E-state index contributed by atoms with van der Waals surface area (Å²) < 4.78 is 38.8. The van der Waals surface area contributed by atoms with Crippen molar-refractivity contribution in [3.8, 4) is 22.5 Å². The van der Waals surface area contributed by atoms with E-state index in [1.807, 2.05) is 0 Å². The lowest BCUT2D eigenvalue weighted by atomic mass is 10.0. The highest BCUT2D eigenvalue weighted by Crippen LogP contribution is 2.36. The lowest BCUT2D eigenvalue weighted by Gasteiger charge is -2.07. The van der Waals surface area contributed by atoms with E-state index in [0.717, 1.165) is 17.7 Å². The van der Waals surface area contributed by atoms with E-state index in [-0.39, 0.29) is 29.1 Å². The number of alkyl halides is 3. The molecule has 0 aliphatic carbocycles. The first-order valence-corrected chi connectivity index (χ1v) is 10.1. The van der Waals surface area contributed by atoms with Crippen LogP contribution >= 0.6 is 0 Å². The fourth-order valence-electron chi connectivity index (χ4n) is 3.46. The van der Waals surface area contributed by atoms with Crippen LogP contribution in [0.5, 0.6) is 0 Å². The van der Waals surface area contributed by atoms with Crippen LogP contribution in [0.15, 0.2) is 79.1 Å². The highest BCUT2D eigenvalue weighted by Gasteiger charge is 2.30. The third kappa shape index (κ3) is 4.80. The fourth-order valence-corrected chi connectivity index (χ4v) is 3.46. The Balaban J connectivity index is 1.75. The number of para-hydroxylation sites is 1. The zero-order valence-electron chi connectivity index (χ0n) is 17.5. The molecule has 4 aromatic rings. The van der Waals surface area contributed by atoms with Gasteiger partial charge in [-0.3, -0.25) is 19.9 Å². The minimum Gasteiger partial charge on any atom is -0.354 e. The first-order valence-electron chi connectivity index (χ1n) is 10.1. The molecule has 0 aliphatic heterocycles. The van der Waals surface area contributed by atoms with E-state index in [1.165, 1.54) is 36.4 Å². The summed E-state index contributed by atoms with van der Waals surface area (Å²) in [4.78, 5) is 31.0. The van der Waals surface area contributed by atoms with Gasteiger partial charge in [-0.2, -0.15) is 13.2 Å². The molecule has 0 saturated carbocycles. The maximum atomic E-state index is 13.1. The first-order chi connectivity index (χ1) is 16.2. The molecule has 172 valence electrons. The number of carbonyl (C=O) groups excluding carboxylic acids is 1. The number of hydrogen-bond acceptors (Lipinski definition) is 4. The number of carbonyl (C=O) groups is 1. The highest BCUT2D eigenvalue weighted by atomic mass is 19.4. The molecule has 0 spiro atoms. The number of hydrogen-bond donors (Lipinski definition) is 2. The molecule has 0 unspecified atom stereocenters. The second-order valence-electron chi connectivity index (χ2n) is 7.36. The molecule has 2 heterocycles. The molecular weight excluding hydrogens is 449 g/mol. The third-order valence-electron chi connectivity index (χ3n) is 5.16. The number of nitrogens with one attached hydrogen (secondary N) is 2. The van der Waals surface area contributed by atoms with Crippen LogP contribution in [-0.4, -0.2) is 20.8 Å². The average molecular weight is 466 g/mol. The van der Waals surface area contributed by atoms with Gasteiger partial charge in [0.15, 0.2) is 0 Å². The van der Waals surface area contributed by atoms with Crippen molar-refractivity contribution < 1.29 is 22.9 Å². The number of nitro groups is 1. The van der Waals surface area contributed by atoms with E-state index in [9.17, 15) is 28.1 Å². The molecule has 10 heteroatoms. The van der Waals surface area contributed by atoms with E-state index in [0.29, 0.717) is 11.3 Å². The lowest BCUT2D eigenvalue weighted by molar-refractivity contribution is -0.384. The van der Waals surface area contributed by atoms with Gasteiger partial charge in [0.05, 0.1) is 27.3 Å². The van der Waals surface area contributed by atoms with Gasteiger partial charge in [-0.05, 0) is 47.5 Å². The van der Waals surface area contributed by atoms with Gasteiger partial charge in [-0.25, -0.2) is 0 Å². The Bertz CT molecular complexity index is 1330. The van der Waals surface area contributed by atoms with Crippen LogP contribution in [0, 0.1) is 10.1 Å². The highest BCUT2D eigenvalue weighted by molar-refractivity contribution is 6.02. The van der Waals surface area contributed by atoms with Gasteiger partial charge in [0.1, 0.15) is 0 Å². The van der Waals surface area contributed by atoms with Crippen molar-refractivity contribution in [2.75, 3.05) is 0 Å². The molecule has 7 nitrogen and oxygen atoms in total. The van der Waals surface area contributed by atoms with Crippen molar-refractivity contribution in [1.29, 1.82) is 0 Å². The molecule has 2 aromatic heterocycles. The first kappa shape index (κ1) is 22.7. The number of aromatic amines is 1. The van der Waals surface area contributed by atoms with Crippen molar-refractivity contribution >= 4 is 11.6 Å². The van der Waals surface area contributed by atoms with Gasteiger partial charge in [0.2, 0.25) is 0 Å². The van der Waals surface area contributed by atoms with Gasteiger partial charge in [0, 0.05) is 30.7 Å². The lowest BCUT2D eigenvalue weighted by Crippen LogP contribution is -2.23. The molecule has 0 radical (unpaired) electrons. The molecule has 1 amide bonds. The van der Waals surface area contributed by atoms with Crippen LogP contribution in [0.3, 0.4) is 0 Å². The van der Waals surface area contributed by atoms with Gasteiger partial charge in [-0.15, -0.1) is 0 Å². The Morgan fingerprint density at radius 2 is 1.71 bits per heavy atom. The molecule has 2 aromatic carbocycles. The normalized spacial score (nSPS) is 11.3. The molecule has 4 rings (SSSR count). The summed E-state index contributed by atoms with van der Waals surface area (Å²) >= 11 is 0. The van der Waals surface area contributed by atoms with Crippen LogP contribution in [0.1, 0.15) is 21.5 Å². The van der Waals surface area contributed by atoms with Gasteiger partial charge in [-0.1, -0.05) is 24.3 Å². The zero-order chi connectivity index (χ0) is 24.3. The number of H-pyrrole nitrogens is 1. The number of pyridine rings is 1. The number of nitro benzene ring substituents is 1. The molecule has 0 saturated heterocycles. The van der Waals surface area contributed by atoms with Gasteiger partial charge < -0.3 is 10.3 Å². The molecule has 0 bridgehead atoms. The van der Waals surface area contributed by atoms with Crippen molar-refractivity contribution in [3.63, 3.8) is 0 Å². The van der Waals surface area contributed by atoms with Crippen LogP contribution in [0.25, 0.3) is 22.5 Å². The maximum absolute atomic E-state index is 13.1. The SMILES string of the molecule is O=C(NCc1ccncc1)c1cc(-c2ccc(C(F)(F)F)cc2)[nH]c1-c1ccccc1[N+](=O)[O-]. The Hall–Kier alpha value is -4.47. The van der Waals surface area contributed by atoms with Crippen LogP contribution in [0.2, 0.25) is 0 Å². The van der Waals surface area contributed by atoms with Crippen molar-refractivity contribution in [2.45, 2.75) is 12.7 Å². The smallest absolute Gasteiger partial charge is 0.354 e. The Morgan fingerprint density at radius 1 is 1.03 bits per heavy atom. The molecule has 0 atom stereocenters. The summed E-state index contributed by atoms with van der Waals surface area (Å²) in [5, 5.41) is 14.3. The summed E-state index contributed by atoms with van der Waals surface area (Å²) in [6.45, 7) is 0.193. The van der Waals surface area contributed by atoms with Crippen molar-refractivity contribution in [2.24, 2.45) is 0 Å². The fraction of sp³-hybridized carbons (Fsp3) is 0.0833. The Kier molecular flexibility index (Phi) is 6.13. The zero-order valence-corrected chi connectivity index (χ0v) is 17.5. The number of aromatic nitrogens is 2. The second-order valence-corrected chi connectivity index (χ2v) is 7.36. The largest absolute Gasteiger partial charge is 0.416 e. The van der Waals surface area contributed by atoms with Gasteiger partial charge >= 0.3 is 6.18 Å². The quantitative estimate of drug-likeness (QED) is 0.285. The van der Waals surface area contributed by atoms with Crippen molar-refractivity contribution in [3.05, 3.63) is 106 Å². The average Bonchev–Trinajstić information content (AvgIpc) is 3.28. The van der Waals surface area contributed by atoms with Crippen LogP contribution in [-0.2, 0) is 12.7 Å². The van der Waals surface area contributed by atoms with E-state index < -0.39 is 22.6 Å². The number of benzene rings is 2. The summed E-state index contributed by atoms with van der Waals surface area (Å²) in [6.07, 6.45) is -1.32. The predicted octanol–water partition coefficient (Wildman–Crippen LogP) is 5.60. The van der Waals surface area contributed by atoms with E-state index in [4.69, 9.17) is 0 Å². The summed E-state index contributed by atoms with van der Waals surface area (Å²) in [5.74, 6) is -0.501. The predicted molar refractivity (Wildman–Crippen MR) is 119 cm³/mol. The number of nitrogens with zero attached hydrogens (tertiary/aromatic N) is 2. The Labute approximate surface area is 191 Å². The number of halogens is 3. The summed E-state index contributed by atoms with van der Waals surface area (Å²) in [5.41, 5.74) is 1.00. The molecular formula is C24H17F3N4O3. The Morgan fingerprint density at radius 3 is 2.35 bits per heavy atom. The van der Waals surface area contributed by atoms with E-state index in [2.05, 4.69) is 15.3 Å². The van der Waals surface area contributed by atoms with Crippen LogP contribution in [0.4, 0.5) is 18.9 Å². The molecule has 0 fully saturated rings. The van der Waals surface area contributed by atoms with Crippen LogP contribution < -0.4 is 5.32 Å². The molecule has 34 heavy (non-hydrogen) atoms. The topological polar surface area (TPSA) is 101 Å².